The average molecular weight is 710 g/mol. The number of anilines is 1. The van der Waals surface area contributed by atoms with Gasteiger partial charge in [-0.2, -0.15) is 21.6 Å². The summed E-state index contributed by atoms with van der Waals surface area (Å²) in [6.45, 7) is 7.37. The molecular formula is C33H39F4N5O6S. The van der Waals surface area contributed by atoms with Gasteiger partial charge in [0, 0.05) is 48.6 Å². The predicted octanol–water partition coefficient (Wildman–Crippen LogP) is 4.87. The van der Waals surface area contributed by atoms with Crippen LogP contribution in [0.2, 0.25) is 0 Å². The Balaban J connectivity index is 1.39. The summed E-state index contributed by atoms with van der Waals surface area (Å²) in [6, 6.07) is 9.26. The van der Waals surface area contributed by atoms with Gasteiger partial charge in [0.15, 0.2) is 0 Å². The Hall–Kier alpha value is -4.34. The minimum absolute atomic E-state index is 0.00546. The number of sulfonamides is 1. The Morgan fingerprint density at radius 3 is 2.31 bits per heavy atom. The van der Waals surface area contributed by atoms with Crippen molar-refractivity contribution in [2.75, 3.05) is 23.9 Å². The Kier molecular flexibility index (Phi) is 9.19. The van der Waals surface area contributed by atoms with Crippen molar-refractivity contribution in [1.82, 2.24) is 20.5 Å². The minimum Gasteiger partial charge on any atom is -0.444 e. The van der Waals surface area contributed by atoms with Crippen LogP contribution in [0.25, 0.3) is 10.9 Å². The number of alkyl carbamates (subject to hydrolysis) is 1. The summed E-state index contributed by atoms with van der Waals surface area (Å²) in [5.41, 5.74) is -7.65. The second-order valence-corrected chi connectivity index (χ2v) is 15.9. The number of para-hydroxylation sites is 1. The fourth-order valence-electron chi connectivity index (χ4n) is 6.41. The molecule has 3 amide bonds. The van der Waals surface area contributed by atoms with E-state index in [4.69, 9.17) is 4.74 Å². The van der Waals surface area contributed by atoms with E-state index in [1.54, 1.807) is 27.0 Å². The predicted molar refractivity (Wildman–Crippen MR) is 174 cm³/mol. The molecule has 1 saturated heterocycles. The van der Waals surface area contributed by atoms with E-state index in [0.29, 0.717) is 0 Å². The maximum absolute atomic E-state index is 14.4. The van der Waals surface area contributed by atoms with Gasteiger partial charge in [0.2, 0.25) is 11.8 Å². The molecule has 2 aromatic carbocycles. The summed E-state index contributed by atoms with van der Waals surface area (Å²) in [6.07, 6.45) is 1.04. The van der Waals surface area contributed by atoms with Crippen LogP contribution in [0.15, 0.2) is 48.7 Å². The highest BCUT2D eigenvalue weighted by atomic mass is 32.2. The van der Waals surface area contributed by atoms with Gasteiger partial charge in [-0.1, -0.05) is 18.2 Å². The highest BCUT2D eigenvalue weighted by Gasteiger charge is 2.57. The van der Waals surface area contributed by atoms with Crippen LogP contribution in [-0.2, 0) is 36.2 Å². The van der Waals surface area contributed by atoms with Crippen LogP contribution in [0.1, 0.15) is 58.6 Å². The zero-order valence-electron chi connectivity index (χ0n) is 27.7. The van der Waals surface area contributed by atoms with Gasteiger partial charge >= 0.3 is 21.6 Å². The lowest BCUT2D eigenvalue weighted by molar-refractivity contribution is -0.139. The lowest BCUT2D eigenvalue weighted by Crippen LogP contribution is -2.61. The van der Waals surface area contributed by atoms with Crippen molar-refractivity contribution >= 4 is 44.5 Å². The molecule has 1 fully saturated rings. The van der Waals surface area contributed by atoms with Gasteiger partial charge in [0.25, 0.3) is 0 Å². The molecular weight excluding hydrogens is 670 g/mol. The summed E-state index contributed by atoms with van der Waals surface area (Å²) < 4.78 is 85.9. The van der Waals surface area contributed by atoms with Crippen molar-refractivity contribution < 1.29 is 45.1 Å². The normalized spacial score (nSPS) is 17.2. The SMILES string of the molecule is CC(C)(C)OC(=O)NC(C)(C)C(=O)N[C@H](Cc1c[nH]c2ccccc12)C(=O)N1CCC2(CC1)CN(S(=O)(=O)C(F)(F)F)c1ccc(F)cc12. The number of rotatable bonds is 7. The van der Waals surface area contributed by atoms with Crippen molar-refractivity contribution in [3.8, 4) is 0 Å². The molecule has 0 radical (unpaired) electrons. The number of fused-ring (bicyclic) bond motifs is 3. The second kappa shape index (κ2) is 12.5. The molecule has 3 heterocycles. The third-order valence-electron chi connectivity index (χ3n) is 8.94. The van der Waals surface area contributed by atoms with Crippen molar-refractivity contribution in [1.29, 1.82) is 0 Å². The number of aromatic amines is 1. The largest absolute Gasteiger partial charge is 0.516 e. The van der Waals surface area contributed by atoms with Crippen LogP contribution in [0.3, 0.4) is 0 Å². The first-order chi connectivity index (χ1) is 22.6. The molecule has 16 heteroatoms. The molecule has 1 atom stereocenters. The van der Waals surface area contributed by atoms with Crippen molar-refractivity contribution in [2.45, 2.75) is 82.0 Å². The van der Waals surface area contributed by atoms with Crippen LogP contribution in [0.5, 0.6) is 0 Å². The van der Waals surface area contributed by atoms with E-state index in [1.807, 2.05) is 24.3 Å². The van der Waals surface area contributed by atoms with E-state index in [-0.39, 0.29) is 47.9 Å². The zero-order valence-corrected chi connectivity index (χ0v) is 28.5. The minimum atomic E-state index is -5.77. The molecule has 5 rings (SSSR count). The third-order valence-corrected chi connectivity index (χ3v) is 10.4. The fraction of sp³-hybridized carbons (Fsp3) is 0.485. The van der Waals surface area contributed by atoms with Crippen LogP contribution >= 0.6 is 0 Å². The van der Waals surface area contributed by atoms with Crippen molar-refractivity contribution in [3.05, 3.63) is 65.6 Å². The molecule has 266 valence electrons. The molecule has 3 N–H and O–H groups in total. The number of piperidine rings is 1. The molecule has 2 aliphatic heterocycles. The Morgan fingerprint density at radius 2 is 1.67 bits per heavy atom. The quantitative estimate of drug-likeness (QED) is 0.299. The van der Waals surface area contributed by atoms with Gasteiger partial charge in [-0.3, -0.25) is 13.9 Å². The summed E-state index contributed by atoms with van der Waals surface area (Å²) in [4.78, 5) is 44.9. The standard InChI is InChI=1S/C33H39F4N5O6S/c1-30(2,3)48-29(45)40-31(4,5)28(44)39-25(16-20-18-38-24-9-7-6-8-22(20)24)27(43)41-14-12-32(13-15-41)19-42(49(46,47)33(35,36)37)26-11-10-21(34)17-23(26)32/h6-11,17-18,25,38H,12-16,19H2,1-5H3,(H,39,44)(H,40,45)/t25-/m1/s1. The molecule has 0 aliphatic carbocycles. The van der Waals surface area contributed by atoms with E-state index in [9.17, 15) is 40.4 Å². The first-order valence-corrected chi connectivity index (χ1v) is 17.1. The number of nitrogens with zero attached hydrogens (tertiary/aromatic N) is 2. The molecule has 0 unspecified atom stereocenters. The molecule has 2 aliphatic rings. The number of carbonyl (C=O) groups is 3. The van der Waals surface area contributed by atoms with Gasteiger partial charge in [-0.15, -0.1) is 0 Å². The molecule has 0 saturated carbocycles. The maximum atomic E-state index is 14.4. The van der Waals surface area contributed by atoms with Crippen LogP contribution in [0, 0.1) is 5.82 Å². The van der Waals surface area contributed by atoms with E-state index in [2.05, 4.69) is 15.6 Å². The lowest BCUT2D eigenvalue weighted by Gasteiger charge is -2.41. The number of carbonyl (C=O) groups excluding carboxylic acids is 3. The highest BCUT2D eigenvalue weighted by Crippen LogP contribution is 2.50. The molecule has 11 nitrogen and oxygen atoms in total. The number of halogens is 4. The Morgan fingerprint density at radius 1 is 1.02 bits per heavy atom. The molecule has 0 bridgehead atoms. The van der Waals surface area contributed by atoms with Gasteiger partial charge in [0.1, 0.15) is 23.0 Å². The Labute approximate surface area is 281 Å². The summed E-state index contributed by atoms with van der Waals surface area (Å²) in [5.74, 6) is -1.89. The maximum Gasteiger partial charge on any atom is 0.516 e. The summed E-state index contributed by atoms with van der Waals surface area (Å²) in [7, 11) is -5.77. The molecule has 3 aromatic rings. The first kappa shape index (κ1) is 36.0. The van der Waals surface area contributed by atoms with Crippen LogP contribution in [-0.4, -0.2) is 78.5 Å². The molecule has 1 spiro atoms. The number of ether oxygens (including phenoxy) is 1. The molecule has 49 heavy (non-hydrogen) atoms. The van der Waals surface area contributed by atoms with Gasteiger partial charge in [0.05, 0.1) is 5.69 Å². The topological polar surface area (TPSA) is 141 Å². The van der Waals surface area contributed by atoms with E-state index < -0.39 is 68.4 Å². The summed E-state index contributed by atoms with van der Waals surface area (Å²) >= 11 is 0. The van der Waals surface area contributed by atoms with Crippen LogP contribution in [0.4, 0.5) is 28.0 Å². The van der Waals surface area contributed by atoms with Crippen molar-refractivity contribution in [3.63, 3.8) is 0 Å². The first-order valence-electron chi connectivity index (χ1n) is 15.7. The van der Waals surface area contributed by atoms with E-state index in [0.717, 1.165) is 34.7 Å². The number of aromatic nitrogens is 1. The number of hydrogen-bond donors (Lipinski definition) is 3. The number of hydrogen-bond acceptors (Lipinski definition) is 6. The fourth-order valence-corrected chi connectivity index (χ4v) is 7.50. The monoisotopic (exact) mass is 709 g/mol. The van der Waals surface area contributed by atoms with E-state index >= 15 is 0 Å². The Bertz CT molecular complexity index is 1880. The highest BCUT2D eigenvalue weighted by molar-refractivity contribution is 7.93. The number of likely N-dealkylation sites (tertiary alicyclic amines) is 1. The lowest BCUT2D eigenvalue weighted by atomic mass is 9.74. The number of H-pyrrole nitrogens is 1. The number of benzene rings is 2. The van der Waals surface area contributed by atoms with E-state index in [1.165, 1.54) is 18.7 Å². The smallest absolute Gasteiger partial charge is 0.444 e. The summed E-state index contributed by atoms with van der Waals surface area (Å²) in [5, 5.41) is 6.13. The van der Waals surface area contributed by atoms with Gasteiger partial charge < -0.3 is 25.3 Å². The second-order valence-electron chi connectivity index (χ2n) is 14.1. The van der Waals surface area contributed by atoms with Gasteiger partial charge in [-0.25, -0.2) is 9.18 Å². The van der Waals surface area contributed by atoms with Gasteiger partial charge in [-0.05, 0) is 82.9 Å². The molecule has 1 aromatic heterocycles. The zero-order chi connectivity index (χ0) is 36.2. The number of amides is 3. The third kappa shape index (κ3) is 7.19. The van der Waals surface area contributed by atoms with Crippen molar-refractivity contribution in [2.24, 2.45) is 0 Å². The number of alkyl halides is 3. The average Bonchev–Trinajstić information content (AvgIpc) is 3.54. The number of nitrogens with one attached hydrogen (secondary N) is 3. The van der Waals surface area contributed by atoms with Crippen LogP contribution < -0.4 is 14.9 Å².